The van der Waals surface area contributed by atoms with Crippen LogP contribution in [0.5, 0.6) is 0 Å². The number of carbonyl (C=O) groups is 1. The van der Waals surface area contributed by atoms with E-state index >= 15 is 0 Å². The number of halogens is 2. The molecule has 2 rings (SSSR count). The topological polar surface area (TPSA) is 32.3 Å². The highest BCUT2D eigenvalue weighted by molar-refractivity contribution is 5.82. The zero-order valence-corrected chi connectivity index (χ0v) is 12.6. The van der Waals surface area contributed by atoms with Crippen LogP contribution in [0.1, 0.15) is 31.9 Å². The number of likely N-dealkylation sites (N-methyl/N-ethyl adjacent to an activating group) is 1. The largest absolute Gasteiger partial charge is 0.351 e. The number of nitrogens with zero attached hydrogens (tertiary/aromatic N) is 1. The molecule has 1 fully saturated rings. The predicted octanol–water partition coefficient (Wildman–Crippen LogP) is 2.84. The number of hydrogen-bond acceptors (Lipinski definition) is 2. The van der Waals surface area contributed by atoms with Gasteiger partial charge in [-0.05, 0) is 32.9 Å². The van der Waals surface area contributed by atoms with E-state index < -0.39 is 17.7 Å². The van der Waals surface area contributed by atoms with Gasteiger partial charge in [0.15, 0.2) is 0 Å². The van der Waals surface area contributed by atoms with Crippen LogP contribution in [0.3, 0.4) is 0 Å². The fourth-order valence-corrected chi connectivity index (χ4v) is 2.69. The van der Waals surface area contributed by atoms with E-state index in [0.717, 1.165) is 18.5 Å². The Bertz CT molecular complexity index is 490. The first-order chi connectivity index (χ1) is 9.84. The molecule has 0 radical (unpaired) electrons. The third kappa shape index (κ3) is 3.23. The van der Waals surface area contributed by atoms with Crippen LogP contribution in [-0.2, 0) is 4.79 Å². The molecule has 1 aliphatic rings. The van der Waals surface area contributed by atoms with Crippen LogP contribution in [0.4, 0.5) is 8.78 Å². The van der Waals surface area contributed by atoms with Crippen LogP contribution < -0.4 is 5.32 Å². The number of amides is 1. The Labute approximate surface area is 124 Å². The number of likely N-dealkylation sites (tertiary alicyclic amines) is 1. The summed E-state index contributed by atoms with van der Waals surface area (Å²) in [7, 11) is 1.99. The van der Waals surface area contributed by atoms with Gasteiger partial charge in [-0.1, -0.05) is 30.3 Å². The zero-order valence-electron chi connectivity index (χ0n) is 12.6. The monoisotopic (exact) mass is 296 g/mol. The lowest BCUT2D eigenvalue weighted by Gasteiger charge is -2.29. The van der Waals surface area contributed by atoms with E-state index in [1.54, 1.807) is 0 Å². The predicted molar refractivity (Wildman–Crippen MR) is 78.1 cm³/mol. The molecule has 1 aromatic rings. The summed E-state index contributed by atoms with van der Waals surface area (Å²) in [4.78, 5) is 14.3. The maximum atomic E-state index is 13.0. The van der Waals surface area contributed by atoms with Crippen molar-refractivity contribution in [2.75, 3.05) is 13.6 Å². The van der Waals surface area contributed by atoms with E-state index in [1.807, 2.05) is 37.4 Å². The number of carbonyl (C=O) groups excluding carboxylic acids is 1. The van der Waals surface area contributed by atoms with Crippen molar-refractivity contribution < 1.29 is 13.6 Å². The normalized spacial score (nSPS) is 23.5. The molecule has 0 aliphatic carbocycles. The van der Waals surface area contributed by atoms with Crippen molar-refractivity contribution in [1.82, 2.24) is 10.2 Å². The molecular formula is C16H22F2N2O. The first kappa shape index (κ1) is 15.9. The summed E-state index contributed by atoms with van der Waals surface area (Å²) in [6.07, 6.45) is -1.91. The molecule has 0 bridgehead atoms. The lowest BCUT2D eigenvalue weighted by molar-refractivity contribution is -0.138. The number of hydrogen-bond donors (Lipinski definition) is 1. The summed E-state index contributed by atoms with van der Waals surface area (Å²) < 4.78 is 25.9. The molecule has 21 heavy (non-hydrogen) atoms. The van der Waals surface area contributed by atoms with Gasteiger partial charge in [-0.25, -0.2) is 8.78 Å². The van der Waals surface area contributed by atoms with E-state index in [0.29, 0.717) is 0 Å². The second-order valence-corrected chi connectivity index (χ2v) is 6.23. The third-order valence-electron chi connectivity index (χ3n) is 4.24. The van der Waals surface area contributed by atoms with Gasteiger partial charge in [0, 0.05) is 12.6 Å². The van der Waals surface area contributed by atoms with Crippen molar-refractivity contribution in [2.24, 2.45) is 5.41 Å². The van der Waals surface area contributed by atoms with Gasteiger partial charge in [0.2, 0.25) is 5.91 Å². The van der Waals surface area contributed by atoms with Crippen molar-refractivity contribution in [3.05, 3.63) is 35.9 Å². The highest BCUT2D eigenvalue weighted by Crippen LogP contribution is 2.32. The van der Waals surface area contributed by atoms with Crippen molar-refractivity contribution in [3.8, 4) is 0 Å². The molecule has 3 nitrogen and oxygen atoms in total. The fourth-order valence-electron chi connectivity index (χ4n) is 2.69. The van der Waals surface area contributed by atoms with Crippen LogP contribution in [-0.4, -0.2) is 36.9 Å². The molecule has 1 heterocycles. The van der Waals surface area contributed by atoms with Crippen LogP contribution >= 0.6 is 0 Å². The van der Waals surface area contributed by atoms with Crippen molar-refractivity contribution in [3.63, 3.8) is 0 Å². The van der Waals surface area contributed by atoms with Crippen LogP contribution in [0.2, 0.25) is 0 Å². The number of benzene rings is 1. The maximum Gasteiger partial charge on any atom is 0.252 e. The minimum atomic E-state index is -2.67. The maximum absolute atomic E-state index is 13.0. The van der Waals surface area contributed by atoms with Gasteiger partial charge in [0.25, 0.3) is 6.43 Å². The quantitative estimate of drug-likeness (QED) is 0.926. The Hall–Kier alpha value is -1.49. The second kappa shape index (κ2) is 6.10. The molecule has 0 saturated carbocycles. The molecule has 1 saturated heterocycles. The molecule has 0 aromatic heterocycles. The smallest absolute Gasteiger partial charge is 0.252 e. The van der Waals surface area contributed by atoms with E-state index in [4.69, 9.17) is 0 Å². The van der Waals surface area contributed by atoms with Gasteiger partial charge in [-0.2, -0.15) is 0 Å². The number of alkyl halides is 2. The lowest BCUT2D eigenvalue weighted by atomic mass is 9.91. The van der Waals surface area contributed by atoms with Crippen molar-refractivity contribution in [1.29, 1.82) is 0 Å². The van der Waals surface area contributed by atoms with Crippen molar-refractivity contribution >= 4 is 5.91 Å². The first-order valence-corrected chi connectivity index (χ1v) is 7.18. The molecule has 1 N–H and O–H groups in total. The Balaban J connectivity index is 2.14. The zero-order chi connectivity index (χ0) is 15.6. The SMILES string of the molecule is CN1CCC(NC(=O)C(C)(C)C(F)F)C1c1ccccc1. The Morgan fingerprint density at radius 3 is 2.52 bits per heavy atom. The summed E-state index contributed by atoms with van der Waals surface area (Å²) in [5.74, 6) is -0.585. The lowest BCUT2D eigenvalue weighted by Crippen LogP contribution is -2.47. The summed E-state index contributed by atoms with van der Waals surface area (Å²) in [6, 6.07) is 9.73. The fraction of sp³-hybridized carbons (Fsp3) is 0.562. The summed E-state index contributed by atoms with van der Waals surface area (Å²) in [5.41, 5.74) is -0.569. The van der Waals surface area contributed by atoms with Gasteiger partial charge in [0.05, 0.1) is 6.04 Å². The van der Waals surface area contributed by atoms with E-state index in [-0.39, 0.29) is 12.1 Å². The Kier molecular flexibility index (Phi) is 4.61. The van der Waals surface area contributed by atoms with Gasteiger partial charge in [-0.3, -0.25) is 9.69 Å². The van der Waals surface area contributed by atoms with Crippen LogP contribution in [0.15, 0.2) is 30.3 Å². The third-order valence-corrected chi connectivity index (χ3v) is 4.24. The molecule has 2 atom stereocenters. The molecule has 2 unspecified atom stereocenters. The number of rotatable bonds is 4. The standard InChI is InChI=1S/C16H22F2N2O/c1-16(2,14(17)18)15(21)19-12-9-10-20(3)13(12)11-7-5-4-6-8-11/h4-8,12-14H,9-10H2,1-3H3,(H,19,21). The molecule has 1 aliphatic heterocycles. The Morgan fingerprint density at radius 2 is 1.95 bits per heavy atom. The van der Waals surface area contributed by atoms with Crippen molar-refractivity contribution in [2.45, 2.75) is 38.8 Å². The van der Waals surface area contributed by atoms with Gasteiger partial charge in [-0.15, -0.1) is 0 Å². The van der Waals surface area contributed by atoms with Crippen LogP contribution in [0, 0.1) is 5.41 Å². The summed E-state index contributed by atoms with van der Waals surface area (Å²) in [6.45, 7) is 3.39. The first-order valence-electron chi connectivity index (χ1n) is 7.18. The van der Waals surface area contributed by atoms with Gasteiger partial charge >= 0.3 is 0 Å². The minimum absolute atomic E-state index is 0.0311. The van der Waals surface area contributed by atoms with Gasteiger partial charge < -0.3 is 5.32 Å². The number of nitrogens with one attached hydrogen (secondary N) is 1. The van der Waals surface area contributed by atoms with E-state index in [9.17, 15) is 13.6 Å². The van der Waals surface area contributed by atoms with Crippen LogP contribution in [0.25, 0.3) is 0 Å². The minimum Gasteiger partial charge on any atom is -0.351 e. The highest BCUT2D eigenvalue weighted by atomic mass is 19.3. The molecule has 1 amide bonds. The Morgan fingerprint density at radius 1 is 1.33 bits per heavy atom. The molecular weight excluding hydrogens is 274 g/mol. The summed E-state index contributed by atoms with van der Waals surface area (Å²) >= 11 is 0. The average Bonchev–Trinajstić information content (AvgIpc) is 2.80. The second-order valence-electron chi connectivity index (χ2n) is 6.23. The van der Waals surface area contributed by atoms with E-state index in [1.165, 1.54) is 13.8 Å². The molecule has 5 heteroatoms. The average molecular weight is 296 g/mol. The van der Waals surface area contributed by atoms with E-state index in [2.05, 4.69) is 10.2 Å². The molecule has 116 valence electrons. The molecule has 1 aromatic carbocycles. The highest BCUT2D eigenvalue weighted by Gasteiger charge is 2.41. The molecule has 0 spiro atoms. The summed E-state index contributed by atoms with van der Waals surface area (Å²) in [5, 5.41) is 2.82. The van der Waals surface area contributed by atoms with Gasteiger partial charge in [0.1, 0.15) is 5.41 Å².